The van der Waals surface area contributed by atoms with Gasteiger partial charge in [-0.25, -0.2) is 0 Å². The molecule has 2 unspecified atom stereocenters. The minimum Gasteiger partial charge on any atom is -0.394 e. The van der Waals surface area contributed by atoms with E-state index >= 15 is 0 Å². The minimum absolute atomic E-state index is 0.209. The highest BCUT2D eigenvalue weighted by Crippen LogP contribution is 2.30. The standard InChI is InChI=1S/C15H23NO2/c1-3-15(18)12-4-6-13(7-5-12)16-9-8-11(2)14(16)10-17/h4-7,11,14-15,17-18H,3,8-10H2,1-2H3/t11?,14?,15-/m0/s1. The van der Waals surface area contributed by atoms with Crippen LogP contribution < -0.4 is 4.90 Å². The second kappa shape index (κ2) is 5.72. The highest BCUT2D eigenvalue weighted by molar-refractivity contribution is 5.50. The van der Waals surface area contributed by atoms with Gasteiger partial charge in [0.05, 0.1) is 18.8 Å². The molecule has 2 rings (SSSR count). The van der Waals surface area contributed by atoms with Crippen molar-refractivity contribution >= 4 is 5.69 Å². The summed E-state index contributed by atoms with van der Waals surface area (Å²) in [7, 11) is 0. The van der Waals surface area contributed by atoms with Gasteiger partial charge in [0.25, 0.3) is 0 Å². The van der Waals surface area contributed by atoms with E-state index in [1.807, 2.05) is 19.1 Å². The molecular formula is C15H23NO2. The average Bonchev–Trinajstić information content (AvgIpc) is 2.79. The van der Waals surface area contributed by atoms with Crippen molar-refractivity contribution in [2.45, 2.75) is 38.8 Å². The third-order valence-corrected chi connectivity index (χ3v) is 4.07. The minimum atomic E-state index is -0.370. The lowest BCUT2D eigenvalue weighted by Crippen LogP contribution is -2.35. The van der Waals surface area contributed by atoms with Crippen LogP contribution in [-0.4, -0.2) is 29.4 Å². The van der Waals surface area contributed by atoms with E-state index in [0.717, 1.165) is 30.6 Å². The molecule has 100 valence electrons. The van der Waals surface area contributed by atoms with E-state index < -0.39 is 0 Å². The van der Waals surface area contributed by atoms with Gasteiger partial charge in [-0.1, -0.05) is 26.0 Å². The molecular weight excluding hydrogens is 226 g/mol. The molecule has 0 spiro atoms. The van der Waals surface area contributed by atoms with Crippen LogP contribution in [0.25, 0.3) is 0 Å². The first kappa shape index (κ1) is 13.4. The van der Waals surface area contributed by atoms with E-state index in [9.17, 15) is 10.2 Å². The summed E-state index contributed by atoms with van der Waals surface area (Å²) >= 11 is 0. The third-order valence-electron chi connectivity index (χ3n) is 4.07. The van der Waals surface area contributed by atoms with Crippen molar-refractivity contribution in [2.24, 2.45) is 5.92 Å². The summed E-state index contributed by atoms with van der Waals surface area (Å²) in [5.41, 5.74) is 2.11. The van der Waals surface area contributed by atoms with Crippen LogP contribution >= 0.6 is 0 Å². The van der Waals surface area contributed by atoms with Gasteiger partial charge in [-0.3, -0.25) is 0 Å². The van der Waals surface area contributed by atoms with Crippen LogP contribution in [0, 0.1) is 5.92 Å². The molecule has 0 aromatic heterocycles. The second-order valence-corrected chi connectivity index (χ2v) is 5.22. The smallest absolute Gasteiger partial charge is 0.0787 e. The fourth-order valence-electron chi connectivity index (χ4n) is 2.73. The molecule has 1 saturated heterocycles. The molecule has 0 saturated carbocycles. The number of nitrogens with zero attached hydrogens (tertiary/aromatic N) is 1. The van der Waals surface area contributed by atoms with Crippen molar-refractivity contribution < 1.29 is 10.2 Å². The van der Waals surface area contributed by atoms with Crippen molar-refractivity contribution in [3.8, 4) is 0 Å². The molecule has 1 heterocycles. The van der Waals surface area contributed by atoms with Gasteiger partial charge >= 0.3 is 0 Å². The van der Waals surface area contributed by atoms with E-state index in [4.69, 9.17) is 0 Å². The lowest BCUT2D eigenvalue weighted by molar-refractivity contribution is 0.173. The van der Waals surface area contributed by atoms with Crippen molar-refractivity contribution in [1.29, 1.82) is 0 Å². The monoisotopic (exact) mass is 249 g/mol. The van der Waals surface area contributed by atoms with Gasteiger partial charge in [0.2, 0.25) is 0 Å². The Morgan fingerprint density at radius 2 is 2.00 bits per heavy atom. The summed E-state index contributed by atoms with van der Waals surface area (Å²) in [6, 6.07) is 8.30. The zero-order valence-electron chi connectivity index (χ0n) is 11.2. The molecule has 1 aliphatic heterocycles. The average molecular weight is 249 g/mol. The molecule has 0 radical (unpaired) electrons. The van der Waals surface area contributed by atoms with Gasteiger partial charge in [0, 0.05) is 12.2 Å². The summed E-state index contributed by atoms with van der Waals surface area (Å²) in [5.74, 6) is 0.538. The van der Waals surface area contributed by atoms with Crippen LogP contribution in [0.1, 0.15) is 38.4 Å². The summed E-state index contributed by atoms with van der Waals surface area (Å²) in [4.78, 5) is 2.27. The SMILES string of the molecule is CC[C@H](O)c1ccc(N2CCC(C)C2CO)cc1. The Morgan fingerprint density at radius 1 is 1.33 bits per heavy atom. The molecule has 2 N–H and O–H groups in total. The fourth-order valence-corrected chi connectivity index (χ4v) is 2.73. The molecule has 18 heavy (non-hydrogen) atoms. The Labute approximate surface area is 109 Å². The van der Waals surface area contributed by atoms with Crippen molar-refractivity contribution in [1.82, 2.24) is 0 Å². The Hall–Kier alpha value is -1.06. The zero-order chi connectivity index (χ0) is 13.1. The molecule has 1 aliphatic rings. The lowest BCUT2D eigenvalue weighted by Gasteiger charge is -2.27. The van der Waals surface area contributed by atoms with Crippen molar-refractivity contribution in [3.63, 3.8) is 0 Å². The maximum atomic E-state index is 9.77. The van der Waals surface area contributed by atoms with E-state index in [1.165, 1.54) is 0 Å². The maximum Gasteiger partial charge on any atom is 0.0787 e. The van der Waals surface area contributed by atoms with Crippen molar-refractivity contribution in [3.05, 3.63) is 29.8 Å². The summed E-state index contributed by atoms with van der Waals surface area (Å²) in [5, 5.41) is 19.2. The van der Waals surface area contributed by atoms with Crippen LogP contribution in [0.5, 0.6) is 0 Å². The number of rotatable bonds is 4. The number of aliphatic hydroxyl groups is 2. The lowest BCUT2D eigenvalue weighted by atomic mass is 10.0. The van der Waals surface area contributed by atoms with E-state index in [1.54, 1.807) is 0 Å². The third kappa shape index (κ3) is 2.52. The first-order chi connectivity index (χ1) is 8.67. The Kier molecular flexibility index (Phi) is 4.25. The number of benzene rings is 1. The van der Waals surface area contributed by atoms with Gasteiger partial charge in [-0.2, -0.15) is 0 Å². The molecule has 0 bridgehead atoms. The molecule has 1 aromatic carbocycles. The fraction of sp³-hybridized carbons (Fsp3) is 0.600. The van der Waals surface area contributed by atoms with E-state index in [-0.39, 0.29) is 18.8 Å². The molecule has 1 fully saturated rings. The Bertz CT molecular complexity index is 377. The number of aliphatic hydroxyl groups excluding tert-OH is 2. The summed E-state index contributed by atoms with van der Waals surface area (Å²) < 4.78 is 0. The molecule has 3 atom stereocenters. The van der Waals surface area contributed by atoms with Crippen LogP contribution in [0.2, 0.25) is 0 Å². The van der Waals surface area contributed by atoms with Gasteiger partial charge in [-0.15, -0.1) is 0 Å². The normalized spacial score (nSPS) is 25.4. The quantitative estimate of drug-likeness (QED) is 0.861. The summed E-state index contributed by atoms with van der Waals surface area (Å²) in [6.45, 7) is 5.38. The topological polar surface area (TPSA) is 43.7 Å². The summed E-state index contributed by atoms with van der Waals surface area (Å²) in [6.07, 6.45) is 1.49. The Morgan fingerprint density at radius 3 is 2.56 bits per heavy atom. The second-order valence-electron chi connectivity index (χ2n) is 5.22. The van der Waals surface area contributed by atoms with E-state index in [0.29, 0.717) is 5.92 Å². The van der Waals surface area contributed by atoms with Gasteiger partial charge in [0.15, 0.2) is 0 Å². The maximum absolute atomic E-state index is 9.77. The predicted octanol–water partition coefficient (Wildman–Crippen LogP) is 2.34. The van der Waals surface area contributed by atoms with Gasteiger partial charge in [-0.05, 0) is 36.5 Å². The Balaban J connectivity index is 2.14. The molecule has 0 amide bonds. The largest absolute Gasteiger partial charge is 0.394 e. The first-order valence-corrected chi connectivity index (χ1v) is 6.83. The molecule has 3 heteroatoms. The predicted molar refractivity (Wildman–Crippen MR) is 73.7 cm³/mol. The van der Waals surface area contributed by atoms with Crippen molar-refractivity contribution in [2.75, 3.05) is 18.1 Å². The number of anilines is 1. The molecule has 1 aromatic rings. The zero-order valence-corrected chi connectivity index (χ0v) is 11.2. The van der Waals surface area contributed by atoms with Crippen LogP contribution in [0.3, 0.4) is 0 Å². The molecule has 3 nitrogen and oxygen atoms in total. The van der Waals surface area contributed by atoms with Crippen LogP contribution in [0.15, 0.2) is 24.3 Å². The van der Waals surface area contributed by atoms with Gasteiger partial charge < -0.3 is 15.1 Å². The van der Waals surface area contributed by atoms with Crippen LogP contribution in [0.4, 0.5) is 5.69 Å². The number of hydrogen-bond donors (Lipinski definition) is 2. The molecule has 0 aliphatic carbocycles. The first-order valence-electron chi connectivity index (χ1n) is 6.83. The number of hydrogen-bond acceptors (Lipinski definition) is 3. The van der Waals surface area contributed by atoms with E-state index in [2.05, 4.69) is 24.0 Å². The van der Waals surface area contributed by atoms with Gasteiger partial charge in [0.1, 0.15) is 0 Å². The highest BCUT2D eigenvalue weighted by atomic mass is 16.3. The van der Waals surface area contributed by atoms with Crippen LogP contribution in [-0.2, 0) is 0 Å². The highest BCUT2D eigenvalue weighted by Gasteiger charge is 2.30.